The van der Waals surface area contributed by atoms with Crippen molar-refractivity contribution in [1.29, 1.82) is 0 Å². The van der Waals surface area contributed by atoms with Gasteiger partial charge in [-0.05, 0) is 35.8 Å². The summed E-state index contributed by atoms with van der Waals surface area (Å²) in [5.74, 6) is -0.164. The van der Waals surface area contributed by atoms with Crippen molar-refractivity contribution < 1.29 is 4.79 Å². The lowest BCUT2D eigenvalue weighted by Gasteiger charge is -2.16. The Morgan fingerprint density at radius 3 is 2.65 bits per heavy atom. The Morgan fingerprint density at radius 1 is 1.35 bits per heavy atom. The molecule has 0 unspecified atom stereocenters. The summed E-state index contributed by atoms with van der Waals surface area (Å²) in [5.41, 5.74) is 2.93. The van der Waals surface area contributed by atoms with Gasteiger partial charge >= 0.3 is 0 Å². The molecule has 3 aromatic heterocycles. The van der Waals surface area contributed by atoms with Gasteiger partial charge in [0.15, 0.2) is 0 Å². The van der Waals surface area contributed by atoms with E-state index in [2.05, 4.69) is 31.2 Å². The molecule has 26 heavy (non-hydrogen) atoms. The van der Waals surface area contributed by atoms with Crippen LogP contribution < -0.4 is 0 Å². The normalized spacial score (nSPS) is 11.2. The van der Waals surface area contributed by atoms with Gasteiger partial charge in [-0.2, -0.15) is 15.3 Å². The van der Waals surface area contributed by atoms with Crippen LogP contribution in [0.5, 0.6) is 0 Å². The Balaban J connectivity index is 1.72. The third-order valence-electron chi connectivity index (χ3n) is 4.18. The average molecular weight is 441 g/mol. The van der Waals surface area contributed by atoms with Crippen LogP contribution in [-0.2, 0) is 20.3 Å². The lowest BCUT2D eigenvalue weighted by atomic mass is 10.3. The second-order valence-corrected chi connectivity index (χ2v) is 7.32. The molecule has 0 aromatic carbocycles. The van der Waals surface area contributed by atoms with Crippen LogP contribution in [-0.4, -0.2) is 47.2 Å². The van der Waals surface area contributed by atoms with Gasteiger partial charge < -0.3 is 4.90 Å². The molecule has 10 heteroatoms. The highest BCUT2D eigenvalue weighted by atomic mass is 79.9. The Labute approximate surface area is 164 Å². The summed E-state index contributed by atoms with van der Waals surface area (Å²) >= 11 is 9.62. The highest BCUT2D eigenvalue weighted by Crippen LogP contribution is 2.19. The molecule has 138 valence electrons. The van der Waals surface area contributed by atoms with E-state index < -0.39 is 0 Å². The quantitative estimate of drug-likeness (QED) is 0.611. The van der Waals surface area contributed by atoms with E-state index >= 15 is 0 Å². The van der Waals surface area contributed by atoms with E-state index in [4.69, 9.17) is 11.6 Å². The topological polar surface area (TPSA) is 73.8 Å². The van der Waals surface area contributed by atoms with E-state index in [9.17, 15) is 4.79 Å². The third-order valence-corrected chi connectivity index (χ3v) is 5.39. The molecule has 0 aliphatic carbocycles. The van der Waals surface area contributed by atoms with Gasteiger partial charge in [0.25, 0.3) is 5.91 Å². The molecule has 3 aromatic rings. The first kappa shape index (κ1) is 18.7. The molecule has 0 fully saturated rings. The summed E-state index contributed by atoms with van der Waals surface area (Å²) < 4.78 is 6.03. The molecule has 0 aliphatic heterocycles. The minimum atomic E-state index is -0.164. The number of halogens is 2. The number of hydrogen-bond acceptors (Lipinski definition) is 4. The molecule has 0 spiro atoms. The van der Waals surface area contributed by atoms with Crippen molar-refractivity contribution in [3.05, 3.63) is 50.7 Å². The SMILES string of the molecule is Cc1nn(Cn2ccc(C(=O)N(C)Cc3c(Br)cnn3C)n2)c(C)c1Cl. The first-order valence-corrected chi connectivity index (χ1v) is 9.09. The molecule has 0 saturated heterocycles. The Bertz CT molecular complexity index is 939. The summed E-state index contributed by atoms with van der Waals surface area (Å²) in [6.07, 6.45) is 3.47. The fourth-order valence-electron chi connectivity index (χ4n) is 2.61. The fraction of sp³-hybridized carbons (Fsp3) is 0.375. The van der Waals surface area contributed by atoms with E-state index in [0.29, 0.717) is 23.9 Å². The van der Waals surface area contributed by atoms with Crippen molar-refractivity contribution >= 4 is 33.4 Å². The first-order chi connectivity index (χ1) is 12.3. The number of nitrogens with zero attached hydrogens (tertiary/aromatic N) is 7. The smallest absolute Gasteiger partial charge is 0.274 e. The fourth-order valence-corrected chi connectivity index (χ4v) is 3.22. The number of carbonyl (C=O) groups excluding carboxylic acids is 1. The van der Waals surface area contributed by atoms with Crippen molar-refractivity contribution in [1.82, 2.24) is 34.2 Å². The van der Waals surface area contributed by atoms with Gasteiger partial charge in [0.05, 0.1) is 39.3 Å². The van der Waals surface area contributed by atoms with Crippen molar-refractivity contribution in [3.63, 3.8) is 0 Å². The largest absolute Gasteiger partial charge is 0.334 e. The minimum absolute atomic E-state index is 0.164. The molecule has 0 saturated carbocycles. The maximum absolute atomic E-state index is 12.6. The van der Waals surface area contributed by atoms with Gasteiger partial charge in [0.1, 0.15) is 12.4 Å². The second-order valence-electron chi connectivity index (χ2n) is 6.09. The van der Waals surface area contributed by atoms with E-state index in [-0.39, 0.29) is 5.91 Å². The predicted molar refractivity (Wildman–Crippen MR) is 101 cm³/mol. The monoisotopic (exact) mass is 439 g/mol. The molecule has 0 radical (unpaired) electrons. The highest BCUT2D eigenvalue weighted by Gasteiger charge is 2.18. The van der Waals surface area contributed by atoms with Gasteiger partial charge in [-0.25, -0.2) is 4.68 Å². The summed E-state index contributed by atoms with van der Waals surface area (Å²) in [4.78, 5) is 14.3. The summed E-state index contributed by atoms with van der Waals surface area (Å²) in [5, 5.41) is 13.6. The number of aromatic nitrogens is 6. The Hall–Kier alpha value is -2.13. The first-order valence-electron chi connectivity index (χ1n) is 7.92. The van der Waals surface area contributed by atoms with E-state index in [1.807, 2.05) is 20.9 Å². The molecule has 3 heterocycles. The van der Waals surface area contributed by atoms with Gasteiger partial charge in [0, 0.05) is 20.3 Å². The summed E-state index contributed by atoms with van der Waals surface area (Å²) in [6.45, 7) is 4.58. The molecule has 3 rings (SSSR count). The zero-order chi connectivity index (χ0) is 19.0. The van der Waals surface area contributed by atoms with Crippen LogP contribution in [0.15, 0.2) is 22.9 Å². The van der Waals surface area contributed by atoms with Crippen molar-refractivity contribution in [2.75, 3.05) is 7.05 Å². The predicted octanol–water partition coefficient (Wildman–Crippen LogP) is 2.62. The van der Waals surface area contributed by atoms with E-state index in [1.54, 1.807) is 44.5 Å². The summed E-state index contributed by atoms with van der Waals surface area (Å²) in [6, 6.07) is 1.70. The van der Waals surface area contributed by atoms with Crippen molar-refractivity contribution in [2.24, 2.45) is 7.05 Å². The molecule has 8 nitrogen and oxygen atoms in total. The number of carbonyl (C=O) groups is 1. The maximum Gasteiger partial charge on any atom is 0.274 e. The second kappa shape index (κ2) is 7.24. The number of amides is 1. The highest BCUT2D eigenvalue weighted by molar-refractivity contribution is 9.10. The van der Waals surface area contributed by atoms with Crippen LogP contribution in [0.2, 0.25) is 5.02 Å². The molecule has 0 N–H and O–H groups in total. The van der Waals surface area contributed by atoms with Crippen LogP contribution in [0, 0.1) is 13.8 Å². The van der Waals surface area contributed by atoms with Crippen LogP contribution in [0.25, 0.3) is 0 Å². The zero-order valence-electron chi connectivity index (χ0n) is 14.9. The lowest BCUT2D eigenvalue weighted by Crippen LogP contribution is -2.28. The zero-order valence-corrected chi connectivity index (χ0v) is 17.3. The van der Waals surface area contributed by atoms with Gasteiger partial charge in [-0.1, -0.05) is 11.6 Å². The standard InChI is InChI=1S/C16H19BrClN7O/c1-10-15(18)11(2)25(20-10)9-24-6-5-13(21-24)16(26)22(3)8-14-12(17)7-19-23(14)4/h5-7H,8-9H2,1-4H3. The van der Waals surface area contributed by atoms with Crippen LogP contribution in [0.3, 0.4) is 0 Å². The van der Waals surface area contributed by atoms with E-state index in [1.165, 1.54) is 0 Å². The van der Waals surface area contributed by atoms with Crippen molar-refractivity contribution in [2.45, 2.75) is 27.1 Å². The molecule has 0 aliphatic rings. The molecular formula is C16H19BrClN7O. The van der Waals surface area contributed by atoms with E-state index in [0.717, 1.165) is 21.6 Å². The average Bonchev–Trinajstić information content (AvgIpc) is 3.26. The Morgan fingerprint density at radius 2 is 2.08 bits per heavy atom. The number of hydrogen-bond donors (Lipinski definition) is 0. The van der Waals surface area contributed by atoms with Crippen LogP contribution in [0.4, 0.5) is 0 Å². The third kappa shape index (κ3) is 3.54. The van der Waals surface area contributed by atoms with Crippen molar-refractivity contribution in [3.8, 4) is 0 Å². The van der Waals surface area contributed by atoms with Gasteiger partial charge in [-0.15, -0.1) is 0 Å². The van der Waals surface area contributed by atoms with Crippen LogP contribution >= 0.6 is 27.5 Å². The lowest BCUT2D eigenvalue weighted by molar-refractivity contribution is 0.0774. The molecule has 0 bridgehead atoms. The van der Waals surface area contributed by atoms with Gasteiger partial charge in [0.2, 0.25) is 0 Å². The van der Waals surface area contributed by atoms with Gasteiger partial charge in [-0.3, -0.25) is 14.2 Å². The summed E-state index contributed by atoms with van der Waals surface area (Å²) in [7, 11) is 3.58. The number of aryl methyl sites for hydroxylation is 2. The molecular weight excluding hydrogens is 422 g/mol. The Kier molecular flexibility index (Phi) is 5.19. The molecule has 1 amide bonds. The number of rotatable bonds is 5. The molecule has 0 atom stereocenters. The minimum Gasteiger partial charge on any atom is -0.334 e. The maximum atomic E-state index is 12.6. The van der Waals surface area contributed by atoms with Crippen LogP contribution in [0.1, 0.15) is 27.6 Å².